The maximum absolute atomic E-state index is 13.4. The molecule has 6 rings (SSSR count). The van der Waals surface area contributed by atoms with E-state index < -0.39 is 0 Å². The van der Waals surface area contributed by atoms with Crippen molar-refractivity contribution in [1.29, 1.82) is 0 Å². The maximum atomic E-state index is 13.4. The van der Waals surface area contributed by atoms with Gasteiger partial charge in [-0.05, 0) is 67.0 Å². The number of nitrogens with one attached hydrogen (secondary N) is 1. The Balaban J connectivity index is 0.941. The molecule has 1 unspecified atom stereocenters. The van der Waals surface area contributed by atoms with E-state index in [4.69, 9.17) is 5.10 Å². The molecular weight excluding hydrogens is 518 g/mol. The summed E-state index contributed by atoms with van der Waals surface area (Å²) >= 11 is 1.78. The number of hydrazone groups is 1. The van der Waals surface area contributed by atoms with E-state index in [0.717, 1.165) is 68.6 Å². The molecule has 0 saturated carbocycles. The average molecular weight is 566 g/mol. The van der Waals surface area contributed by atoms with Crippen LogP contribution < -0.4 is 5.32 Å². The minimum atomic E-state index is 0.117. The monoisotopic (exact) mass is 565 g/mol. The third-order valence-corrected chi connectivity index (χ3v) is 10.7. The van der Waals surface area contributed by atoms with Gasteiger partial charge in [0.2, 0.25) is 5.91 Å². The molecule has 1 N–H and O–H groups in total. The normalized spacial score (nSPS) is 25.3. The number of likely N-dealkylation sites (N-methyl/N-ethyl adjacent to an activating group) is 1. The number of rotatable bonds is 6. The van der Waals surface area contributed by atoms with Crippen molar-refractivity contribution in [1.82, 2.24) is 29.9 Å². The molecule has 8 nitrogen and oxygen atoms in total. The number of piperazine rings is 1. The molecule has 3 saturated heterocycles. The number of nitrogens with zero attached hydrogens (tertiary/aromatic N) is 6. The number of carbonyl (C=O) groups is 1. The molecule has 5 aliphatic heterocycles. The van der Waals surface area contributed by atoms with Crippen LogP contribution in [-0.2, 0) is 4.79 Å². The lowest BCUT2D eigenvalue weighted by Gasteiger charge is -2.40. The Hall–Kier alpha value is -2.23. The van der Waals surface area contributed by atoms with Crippen molar-refractivity contribution in [2.24, 2.45) is 16.9 Å². The lowest BCUT2D eigenvalue weighted by Crippen LogP contribution is -2.50. The Bertz CT molecular complexity index is 1080. The van der Waals surface area contributed by atoms with E-state index in [1.54, 1.807) is 11.8 Å². The lowest BCUT2D eigenvalue weighted by molar-refractivity contribution is -0.138. The van der Waals surface area contributed by atoms with Crippen molar-refractivity contribution < 1.29 is 4.79 Å². The van der Waals surface area contributed by atoms with E-state index >= 15 is 0 Å². The summed E-state index contributed by atoms with van der Waals surface area (Å²) in [5.74, 6) is 1.85. The van der Waals surface area contributed by atoms with E-state index in [9.17, 15) is 4.79 Å². The number of fused-ring (bicyclic) bond motifs is 1. The molecule has 0 aliphatic carbocycles. The van der Waals surface area contributed by atoms with Crippen LogP contribution in [-0.4, -0.2) is 107 Å². The Morgan fingerprint density at radius 2 is 1.62 bits per heavy atom. The molecule has 40 heavy (non-hydrogen) atoms. The molecule has 3 fully saturated rings. The fourth-order valence-corrected chi connectivity index (χ4v) is 7.81. The summed E-state index contributed by atoms with van der Waals surface area (Å²) in [6.07, 6.45) is 6.31. The molecule has 1 atom stereocenters. The second kappa shape index (κ2) is 12.3. The SMILES string of the molecule is CCN1CCN(CC2CCN(C(=O)C3CCN(C4=NN5C=C(c6ccc(C(C)C)cc6)NC5S4)CC3)CC2)CC1. The van der Waals surface area contributed by atoms with Crippen molar-refractivity contribution in [2.75, 3.05) is 65.4 Å². The maximum Gasteiger partial charge on any atom is 0.225 e. The summed E-state index contributed by atoms with van der Waals surface area (Å²) in [6, 6.07) is 8.84. The largest absolute Gasteiger partial charge is 0.353 e. The molecule has 1 aromatic carbocycles. The first-order chi connectivity index (χ1) is 19.5. The van der Waals surface area contributed by atoms with Crippen molar-refractivity contribution in [3.05, 3.63) is 41.6 Å². The van der Waals surface area contributed by atoms with E-state index in [0.29, 0.717) is 11.8 Å². The standard InChI is InChI=1S/C31H47N7OS/c1-4-34-17-19-35(20-18-34)21-24-9-13-36(14-10-24)29(39)27-11-15-37(16-12-27)31-33-38-22-28(32-30(38)40-31)26-7-5-25(6-8-26)23(2)3/h5-8,22-24,27,30,32H,4,9-21H2,1-3H3. The van der Waals surface area contributed by atoms with Gasteiger partial charge in [0.1, 0.15) is 0 Å². The van der Waals surface area contributed by atoms with Gasteiger partial charge in [0.15, 0.2) is 10.7 Å². The predicted molar refractivity (Wildman–Crippen MR) is 164 cm³/mol. The van der Waals surface area contributed by atoms with Crippen LogP contribution in [0.1, 0.15) is 63.5 Å². The minimum Gasteiger partial charge on any atom is -0.353 e. The zero-order chi connectivity index (χ0) is 27.6. The summed E-state index contributed by atoms with van der Waals surface area (Å²) in [5.41, 5.74) is 3.81. The van der Waals surface area contributed by atoms with Crippen LogP contribution >= 0.6 is 11.8 Å². The summed E-state index contributed by atoms with van der Waals surface area (Å²) in [6.45, 7) is 17.6. The highest BCUT2D eigenvalue weighted by atomic mass is 32.2. The van der Waals surface area contributed by atoms with Crippen LogP contribution in [0.15, 0.2) is 35.6 Å². The van der Waals surface area contributed by atoms with Crippen LogP contribution in [0.4, 0.5) is 0 Å². The van der Waals surface area contributed by atoms with E-state index in [1.807, 2.05) is 0 Å². The Labute approximate surface area is 244 Å². The van der Waals surface area contributed by atoms with Gasteiger partial charge in [0.05, 0.1) is 11.9 Å². The van der Waals surface area contributed by atoms with Crippen LogP contribution in [0.3, 0.4) is 0 Å². The second-order valence-electron chi connectivity index (χ2n) is 12.5. The van der Waals surface area contributed by atoms with Gasteiger partial charge in [-0.15, -0.1) is 5.10 Å². The first-order valence-corrected chi connectivity index (χ1v) is 16.5. The fraction of sp³-hybridized carbons (Fsp3) is 0.677. The van der Waals surface area contributed by atoms with Crippen molar-refractivity contribution in [3.63, 3.8) is 0 Å². The smallest absolute Gasteiger partial charge is 0.225 e. The highest BCUT2D eigenvalue weighted by Crippen LogP contribution is 2.35. The van der Waals surface area contributed by atoms with Crippen LogP contribution in [0.25, 0.3) is 5.70 Å². The zero-order valence-corrected chi connectivity index (χ0v) is 25.4. The van der Waals surface area contributed by atoms with Gasteiger partial charge < -0.3 is 24.9 Å². The Morgan fingerprint density at radius 3 is 2.25 bits per heavy atom. The number of piperidine rings is 2. The molecule has 1 aromatic rings. The van der Waals surface area contributed by atoms with E-state index in [-0.39, 0.29) is 11.4 Å². The van der Waals surface area contributed by atoms with Gasteiger partial charge >= 0.3 is 0 Å². The summed E-state index contributed by atoms with van der Waals surface area (Å²) in [5, 5.41) is 11.7. The van der Waals surface area contributed by atoms with Gasteiger partial charge in [-0.3, -0.25) is 4.79 Å². The third-order valence-electron chi connectivity index (χ3n) is 9.56. The topological polar surface area (TPSA) is 57.7 Å². The van der Waals surface area contributed by atoms with E-state index in [1.165, 1.54) is 50.4 Å². The first-order valence-electron chi connectivity index (χ1n) is 15.6. The van der Waals surface area contributed by atoms with E-state index in [2.05, 4.69) is 81.2 Å². The fourth-order valence-electron chi connectivity index (χ4n) is 6.73. The van der Waals surface area contributed by atoms with Gasteiger partial charge in [0.25, 0.3) is 0 Å². The highest BCUT2D eigenvalue weighted by molar-refractivity contribution is 8.14. The number of amides is 1. The summed E-state index contributed by atoms with van der Waals surface area (Å²) in [4.78, 5) is 23.1. The Morgan fingerprint density at radius 1 is 0.950 bits per heavy atom. The molecular formula is C31H47N7OS. The second-order valence-corrected chi connectivity index (χ2v) is 13.5. The predicted octanol–water partition coefficient (Wildman–Crippen LogP) is 3.90. The van der Waals surface area contributed by atoms with Gasteiger partial charge in [-0.1, -0.05) is 45.0 Å². The molecule has 5 heterocycles. The minimum absolute atomic E-state index is 0.117. The van der Waals surface area contributed by atoms with Crippen LogP contribution in [0.5, 0.6) is 0 Å². The van der Waals surface area contributed by atoms with Crippen LogP contribution in [0, 0.1) is 11.8 Å². The number of thioether (sulfide) groups is 1. The first kappa shape index (κ1) is 27.9. The summed E-state index contributed by atoms with van der Waals surface area (Å²) < 4.78 is 0. The highest BCUT2D eigenvalue weighted by Gasteiger charge is 2.37. The third kappa shape index (κ3) is 6.16. The number of benzene rings is 1. The number of likely N-dealkylation sites (tertiary alicyclic amines) is 2. The van der Waals surface area contributed by atoms with Crippen LogP contribution in [0.2, 0.25) is 0 Å². The van der Waals surface area contributed by atoms with Gasteiger partial charge in [-0.25, -0.2) is 5.01 Å². The van der Waals surface area contributed by atoms with Gasteiger partial charge in [0, 0.05) is 64.8 Å². The summed E-state index contributed by atoms with van der Waals surface area (Å²) in [7, 11) is 0. The molecule has 5 aliphatic rings. The van der Waals surface area contributed by atoms with Crippen molar-refractivity contribution >= 4 is 28.5 Å². The molecule has 1 amide bonds. The molecule has 0 aromatic heterocycles. The van der Waals surface area contributed by atoms with Crippen molar-refractivity contribution in [2.45, 2.75) is 57.9 Å². The number of amidine groups is 1. The lowest BCUT2D eigenvalue weighted by atomic mass is 9.92. The molecule has 0 radical (unpaired) electrons. The number of hydrogen-bond donors (Lipinski definition) is 1. The quantitative estimate of drug-likeness (QED) is 0.562. The number of hydrogen-bond acceptors (Lipinski definition) is 8. The van der Waals surface area contributed by atoms with Gasteiger partial charge in [-0.2, -0.15) is 0 Å². The zero-order valence-electron chi connectivity index (χ0n) is 24.6. The van der Waals surface area contributed by atoms with Crippen molar-refractivity contribution in [3.8, 4) is 0 Å². The number of carbonyl (C=O) groups excluding carboxylic acids is 1. The molecule has 0 bridgehead atoms. The average Bonchev–Trinajstić information content (AvgIpc) is 3.58. The molecule has 0 spiro atoms. The molecule has 9 heteroatoms. The Kier molecular flexibility index (Phi) is 8.61. The molecule has 218 valence electrons.